The predicted octanol–water partition coefficient (Wildman–Crippen LogP) is 3.27. The number of hydrazone groups is 1. The lowest BCUT2D eigenvalue weighted by Crippen LogP contribution is -2.31. The van der Waals surface area contributed by atoms with Crippen LogP contribution in [0, 0.1) is 0 Å². The number of carbonyl (C=O) groups excluding carboxylic acids is 1. The summed E-state index contributed by atoms with van der Waals surface area (Å²) in [6.45, 7) is 0. The fourth-order valence-corrected chi connectivity index (χ4v) is 2.90. The van der Waals surface area contributed by atoms with E-state index < -0.39 is 0 Å². The summed E-state index contributed by atoms with van der Waals surface area (Å²) >= 11 is 0. The third-order valence-corrected chi connectivity index (χ3v) is 4.29. The Balaban J connectivity index is 1.64. The van der Waals surface area contributed by atoms with Crippen molar-refractivity contribution in [3.8, 4) is 0 Å². The highest BCUT2D eigenvalue weighted by Crippen LogP contribution is 2.35. The molecule has 4 nitrogen and oxygen atoms in total. The van der Waals surface area contributed by atoms with Gasteiger partial charge in [0.25, 0.3) is 5.91 Å². The molecular formula is C19H19N3O. The molecule has 0 unspecified atom stereocenters. The number of anilines is 1. The molecule has 4 heteroatoms. The first kappa shape index (κ1) is 14.0. The Bertz CT molecular complexity index is 723. The molecule has 116 valence electrons. The molecule has 2 aromatic rings. The minimum Gasteiger partial charge on any atom is -0.348 e. The molecule has 23 heavy (non-hydrogen) atoms. The molecule has 0 radical (unpaired) electrons. The van der Waals surface area contributed by atoms with Crippen molar-refractivity contribution < 1.29 is 4.79 Å². The largest absolute Gasteiger partial charge is 0.348 e. The minimum atomic E-state index is -0.0214. The first-order valence-corrected chi connectivity index (χ1v) is 8.09. The lowest BCUT2D eigenvalue weighted by atomic mass is 10.0. The zero-order chi connectivity index (χ0) is 15.6. The Morgan fingerprint density at radius 3 is 2.30 bits per heavy atom. The molecule has 1 saturated carbocycles. The zero-order valence-corrected chi connectivity index (χ0v) is 12.9. The van der Waals surface area contributed by atoms with Gasteiger partial charge in [-0.3, -0.25) is 9.80 Å². The zero-order valence-electron chi connectivity index (χ0n) is 12.9. The van der Waals surface area contributed by atoms with Crippen LogP contribution in [-0.4, -0.2) is 17.7 Å². The molecule has 4 rings (SSSR count). The Morgan fingerprint density at radius 2 is 1.65 bits per heavy atom. The lowest BCUT2D eigenvalue weighted by molar-refractivity contribution is -0.115. The predicted molar refractivity (Wildman–Crippen MR) is 91.3 cm³/mol. The molecule has 0 saturated heterocycles. The van der Waals surface area contributed by atoms with E-state index in [1.54, 1.807) is 0 Å². The highest BCUT2D eigenvalue weighted by atomic mass is 16.2. The summed E-state index contributed by atoms with van der Waals surface area (Å²) in [5.41, 5.74) is 2.81. The van der Waals surface area contributed by atoms with E-state index in [0.717, 1.165) is 18.5 Å². The summed E-state index contributed by atoms with van der Waals surface area (Å²) in [5, 5.41) is 9.65. The molecule has 1 fully saturated rings. The molecule has 0 bridgehead atoms. The van der Waals surface area contributed by atoms with Crippen molar-refractivity contribution in [1.29, 1.82) is 0 Å². The van der Waals surface area contributed by atoms with Gasteiger partial charge in [-0.2, -0.15) is 5.10 Å². The van der Waals surface area contributed by atoms with Gasteiger partial charge in [0.05, 0.1) is 11.7 Å². The van der Waals surface area contributed by atoms with Crippen LogP contribution in [0.5, 0.6) is 0 Å². The van der Waals surface area contributed by atoms with Gasteiger partial charge < -0.3 is 5.32 Å². The van der Waals surface area contributed by atoms with Gasteiger partial charge in [0.2, 0.25) is 0 Å². The monoisotopic (exact) mass is 305 g/mol. The van der Waals surface area contributed by atoms with Crippen molar-refractivity contribution in [2.75, 3.05) is 5.01 Å². The maximum Gasteiger partial charge on any atom is 0.267 e. The van der Waals surface area contributed by atoms with Gasteiger partial charge in [-0.1, -0.05) is 48.5 Å². The topological polar surface area (TPSA) is 44.7 Å². The van der Waals surface area contributed by atoms with Crippen molar-refractivity contribution in [3.05, 3.63) is 66.2 Å². The van der Waals surface area contributed by atoms with Crippen molar-refractivity contribution >= 4 is 17.3 Å². The SMILES string of the molecule is O=C(NC1CC1)C1=NN(c2ccccc2)[C@@H](c2ccccc2)C1. The molecule has 1 atom stereocenters. The van der Waals surface area contributed by atoms with E-state index in [1.165, 1.54) is 5.56 Å². The van der Waals surface area contributed by atoms with Gasteiger partial charge in [-0.25, -0.2) is 0 Å². The van der Waals surface area contributed by atoms with E-state index in [9.17, 15) is 4.79 Å². The number of hydrogen-bond donors (Lipinski definition) is 1. The summed E-state index contributed by atoms with van der Waals surface area (Å²) in [7, 11) is 0. The van der Waals surface area contributed by atoms with Crippen molar-refractivity contribution in [3.63, 3.8) is 0 Å². The Kier molecular flexibility index (Phi) is 3.58. The minimum absolute atomic E-state index is 0.0214. The second-order valence-corrected chi connectivity index (χ2v) is 6.11. The van der Waals surface area contributed by atoms with E-state index in [2.05, 4.69) is 22.6 Å². The number of benzene rings is 2. The smallest absolute Gasteiger partial charge is 0.267 e. The summed E-state index contributed by atoms with van der Waals surface area (Å²) in [6.07, 6.45) is 2.81. The van der Waals surface area contributed by atoms with Gasteiger partial charge in [0.15, 0.2) is 0 Å². The van der Waals surface area contributed by atoms with E-state index in [0.29, 0.717) is 18.2 Å². The number of para-hydroxylation sites is 1. The van der Waals surface area contributed by atoms with Crippen LogP contribution < -0.4 is 10.3 Å². The summed E-state index contributed by atoms with van der Waals surface area (Å²) in [5.74, 6) is -0.0214. The van der Waals surface area contributed by atoms with Gasteiger partial charge in [0.1, 0.15) is 5.71 Å². The van der Waals surface area contributed by atoms with E-state index in [1.807, 2.05) is 53.5 Å². The molecule has 1 N–H and O–H groups in total. The van der Waals surface area contributed by atoms with Gasteiger partial charge in [-0.15, -0.1) is 0 Å². The Hall–Kier alpha value is -2.62. The van der Waals surface area contributed by atoms with Crippen molar-refractivity contribution in [2.24, 2.45) is 5.10 Å². The fourth-order valence-electron chi connectivity index (χ4n) is 2.90. The number of nitrogens with one attached hydrogen (secondary N) is 1. The normalized spacial score (nSPS) is 20.3. The van der Waals surface area contributed by atoms with Crippen molar-refractivity contribution in [1.82, 2.24) is 5.32 Å². The lowest BCUT2D eigenvalue weighted by Gasteiger charge is -2.23. The average molecular weight is 305 g/mol. The standard InChI is InChI=1S/C19H19N3O/c23-19(20-15-11-12-15)17-13-18(14-7-3-1-4-8-14)22(21-17)16-9-5-2-6-10-16/h1-10,15,18H,11-13H2,(H,20,23)/t18-/m1/s1. The number of amides is 1. The second kappa shape index (κ2) is 5.88. The van der Waals surface area contributed by atoms with Gasteiger partial charge in [-0.05, 0) is 30.5 Å². The van der Waals surface area contributed by atoms with E-state index in [-0.39, 0.29) is 11.9 Å². The van der Waals surface area contributed by atoms with Crippen molar-refractivity contribution in [2.45, 2.75) is 31.3 Å². The van der Waals surface area contributed by atoms with Crippen LogP contribution in [0.1, 0.15) is 30.9 Å². The second-order valence-electron chi connectivity index (χ2n) is 6.11. The fraction of sp³-hybridized carbons (Fsp3) is 0.263. The number of carbonyl (C=O) groups is 1. The van der Waals surface area contributed by atoms with Gasteiger partial charge >= 0.3 is 0 Å². The molecule has 0 aromatic heterocycles. The maximum atomic E-state index is 12.4. The Labute approximate surface area is 135 Å². The molecular weight excluding hydrogens is 286 g/mol. The molecule has 2 aromatic carbocycles. The van der Waals surface area contributed by atoms with Crippen LogP contribution in [0.3, 0.4) is 0 Å². The molecule has 1 heterocycles. The third kappa shape index (κ3) is 2.97. The highest BCUT2D eigenvalue weighted by molar-refractivity contribution is 6.39. The number of rotatable bonds is 4. The van der Waals surface area contributed by atoms with Crippen LogP contribution in [0.4, 0.5) is 5.69 Å². The van der Waals surface area contributed by atoms with Crippen LogP contribution in [0.25, 0.3) is 0 Å². The first-order chi connectivity index (χ1) is 11.3. The number of hydrogen-bond acceptors (Lipinski definition) is 3. The molecule has 0 spiro atoms. The first-order valence-electron chi connectivity index (χ1n) is 8.09. The van der Waals surface area contributed by atoms with Crippen LogP contribution in [0.2, 0.25) is 0 Å². The highest BCUT2D eigenvalue weighted by Gasteiger charge is 2.34. The summed E-state index contributed by atoms with van der Waals surface area (Å²) in [4.78, 5) is 12.4. The maximum absolute atomic E-state index is 12.4. The van der Waals surface area contributed by atoms with Crippen LogP contribution in [-0.2, 0) is 4.79 Å². The van der Waals surface area contributed by atoms with E-state index >= 15 is 0 Å². The molecule has 1 aliphatic carbocycles. The summed E-state index contributed by atoms with van der Waals surface area (Å²) < 4.78 is 0. The molecule has 2 aliphatic rings. The van der Waals surface area contributed by atoms with Crippen LogP contribution >= 0.6 is 0 Å². The van der Waals surface area contributed by atoms with Crippen LogP contribution in [0.15, 0.2) is 65.8 Å². The quantitative estimate of drug-likeness (QED) is 0.942. The molecule has 1 aliphatic heterocycles. The van der Waals surface area contributed by atoms with E-state index in [4.69, 9.17) is 0 Å². The summed E-state index contributed by atoms with van der Waals surface area (Å²) in [6, 6.07) is 20.7. The average Bonchev–Trinajstić information content (AvgIpc) is 3.30. The molecule has 1 amide bonds. The van der Waals surface area contributed by atoms with Gasteiger partial charge in [0, 0.05) is 12.5 Å². The Morgan fingerprint density at radius 1 is 1.00 bits per heavy atom. The third-order valence-electron chi connectivity index (χ3n) is 4.29. The number of nitrogens with zero attached hydrogens (tertiary/aromatic N) is 2.